The zero-order valence-corrected chi connectivity index (χ0v) is 11.4. The van der Waals surface area contributed by atoms with Gasteiger partial charge >= 0.3 is 0 Å². The zero-order chi connectivity index (χ0) is 12.7. The molecule has 0 bridgehead atoms. The molecule has 0 amide bonds. The van der Waals surface area contributed by atoms with E-state index in [1.54, 1.807) is 6.20 Å². The molecule has 4 nitrogen and oxygen atoms in total. The first-order valence-corrected chi connectivity index (χ1v) is 6.41. The Hall–Kier alpha value is -1.46. The number of aromatic nitrogens is 2. The molecule has 0 saturated carbocycles. The number of H-pyrrole nitrogens is 1. The number of hydrogen-bond acceptors (Lipinski definition) is 3. The van der Waals surface area contributed by atoms with Crippen LogP contribution in [-0.4, -0.2) is 9.97 Å². The molecule has 0 fully saturated rings. The highest BCUT2D eigenvalue weighted by molar-refractivity contribution is 9.10. The molecule has 0 aliphatic rings. The minimum absolute atomic E-state index is 0.0780. The van der Waals surface area contributed by atoms with E-state index in [1.807, 2.05) is 18.2 Å². The van der Waals surface area contributed by atoms with Gasteiger partial charge in [-0.15, -0.1) is 0 Å². The van der Waals surface area contributed by atoms with Crippen molar-refractivity contribution in [2.24, 2.45) is 5.18 Å². The third-order valence-corrected chi connectivity index (χ3v) is 3.64. The van der Waals surface area contributed by atoms with Gasteiger partial charge in [0.25, 0.3) is 0 Å². The largest absolute Gasteiger partial charge is 0.354 e. The molecule has 6 heteroatoms. The molecule has 1 aromatic carbocycles. The van der Waals surface area contributed by atoms with Crippen LogP contribution in [0.1, 0.15) is 5.56 Å². The predicted molar refractivity (Wildman–Crippen MR) is 75.8 cm³/mol. The van der Waals surface area contributed by atoms with E-state index in [0.29, 0.717) is 5.15 Å². The second-order valence-electron chi connectivity index (χ2n) is 3.93. The Kier molecular flexibility index (Phi) is 2.80. The van der Waals surface area contributed by atoms with Crippen molar-refractivity contribution in [3.63, 3.8) is 0 Å². The van der Waals surface area contributed by atoms with Gasteiger partial charge in [0.15, 0.2) is 0 Å². The smallest absolute Gasteiger partial charge is 0.139 e. The van der Waals surface area contributed by atoms with Gasteiger partial charge in [0, 0.05) is 32.5 Å². The number of aromatic amines is 1. The van der Waals surface area contributed by atoms with Crippen LogP contribution in [0.3, 0.4) is 0 Å². The van der Waals surface area contributed by atoms with Crippen LogP contribution in [0.4, 0.5) is 0 Å². The third kappa shape index (κ3) is 1.71. The van der Waals surface area contributed by atoms with E-state index in [-0.39, 0.29) is 6.54 Å². The molecule has 0 aliphatic heterocycles. The van der Waals surface area contributed by atoms with Crippen LogP contribution >= 0.6 is 27.5 Å². The second kappa shape index (κ2) is 4.33. The Morgan fingerprint density at radius 2 is 2.28 bits per heavy atom. The Bertz CT molecular complexity index is 769. The summed E-state index contributed by atoms with van der Waals surface area (Å²) in [5, 5.41) is 5.15. The fourth-order valence-electron chi connectivity index (χ4n) is 2.08. The van der Waals surface area contributed by atoms with Gasteiger partial charge in [0.05, 0.1) is 5.52 Å². The first-order chi connectivity index (χ1) is 8.70. The van der Waals surface area contributed by atoms with Crippen LogP contribution < -0.4 is 0 Å². The van der Waals surface area contributed by atoms with Crippen molar-refractivity contribution in [1.82, 2.24) is 9.97 Å². The molecule has 2 aromatic heterocycles. The number of halogens is 2. The van der Waals surface area contributed by atoms with Crippen LogP contribution in [-0.2, 0) is 6.54 Å². The van der Waals surface area contributed by atoms with Gasteiger partial charge in [-0.2, -0.15) is 4.91 Å². The Morgan fingerprint density at radius 1 is 1.44 bits per heavy atom. The zero-order valence-electron chi connectivity index (χ0n) is 9.08. The van der Waals surface area contributed by atoms with Gasteiger partial charge in [-0.25, -0.2) is 4.98 Å². The minimum Gasteiger partial charge on any atom is -0.354 e. The van der Waals surface area contributed by atoms with Crippen molar-refractivity contribution < 1.29 is 0 Å². The molecule has 0 aliphatic carbocycles. The number of benzene rings is 1. The van der Waals surface area contributed by atoms with E-state index in [0.717, 1.165) is 31.8 Å². The molecule has 0 saturated heterocycles. The lowest BCUT2D eigenvalue weighted by atomic mass is 10.1. The van der Waals surface area contributed by atoms with Crippen LogP contribution in [0.25, 0.3) is 21.8 Å². The molecule has 3 rings (SSSR count). The summed E-state index contributed by atoms with van der Waals surface area (Å²) in [5.74, 6) is 0. The SMILES string of the molecule is O=NCc1cnc(Cl)c2c1[nH]c1cc(Br)ccc12. The number of nitrogens with zero attached hydrogens (tertiary/aromatic N) is 2. The monoisotopic (exact) mass is 323 g/mol. The third-order valence-electron chi connectivity index (χ3n) is 2.86. The summed E-state index contributed by atoms with van der Waals surface area (Å²) in [6.07, 6.45) is 1.58. The van der Waals surface area contributed by atoms with Gasteiger partial charge in [-0.1, -0.05) is 38.8 Å². The van der Waals surface area contributed by atoms with Crippen molar-refractivity contribution in [2.45, 2.75) is 6.54 Å². The molecule has 1 N–H and O–H groups in total. The summed E-state index contributed by atoms with van der Waals surface area (Å²) in [6.45, 7) is 0.0780. The fourth-order valence-corrected chi connectivity index (χ4v) is 2.68. The molecule has 3 aromatic rings. The maximum atomic E-state index is 10.4. The van der Waals surface area contributed by atoms with E-state index >= 15 is 0 Å². The van der Waals surface area contributed by atoms with Crippen LogP contribution in [0.5, 0.6) is 0 Å². The first kappa shape index (κ1) is 11.6. The van der Waals surface area contributed by atoms with E-state index in [4.69, 9.17) is 11.6 Å². The highest BCUT2D eigenvalue weighted by Gasteiger charge is 2.12. The highest BCUT2D eigenvalue weighted by atomic mass is 79.9. The number of rotatable bonds is 2. The summed E-state index contributed by atoms with van der Waals surface area (Å²) >= 11 is 9.56. The van der Waals surface area contributed by atoms with Crippen LogP contribution in [0.15, 0.2) is 34.0 Å². The number of nitrogens with one attached hydrogen (secondary N) is 1. The van der Waals surface area contributed by atoms with Crippen molar-refractivity contribution in [1.29, 1.82) is 0 Å². The number of hydrogen-bond donors (Lipinski definition) is 1. The van der Waals surface area contributed by atoms with Crippen LogP contribution in [0.2, 0.25) is 5.15 Å². The molecule has 0 radical (unpaired) electrons. The predicted octanol–water partition coefficient (Wildman–Crippen LogP) is 4.40. The average Bonchev–Trinajstić information content (AvgIpc) is 2.72. The lowest BCUT2D eigenvalue weighted by Crippen LogP contribution is -1.87. The topological polar surface area (TPSA) is 58.1 Å². The quantitative estimate of drug-likeness (QED) is 0.561. The Balaban J connectivity index is 2.47. The van der Waals surface area contributed by atoms with E-state index in [9.17, 15) is 4.91 Å². The minimum atomic E-state index is 0.0780. The van der Waals surface area contributed by atoms with Gasteiger partial charge in [0.1, 0.15) is 11.7 Å². The van der Waals surface area contributed by atoms with Crippen molar-refractivity contribution in [3.05, 3.63) is 44.5 Å². The Labute approximate surface area is 115 Å². The van der Waals surface area contributed by atoms with Crippen molar-refractivity contribution in [3.8, 4) is 0 Å². The molecular weight excluding hydrogens is 318 g/mol. The standard InChI is InChI=1S/C12H7BrClN3O/c13-7-1-2-8-9(3-7)17-11-6(5-16-18)4-15-12(14)10(8)11/h1-4,17H,5H2. The maximum Gasteiger partial charge on any atom is 0.139 e. The molecule has 0 atom stereocenters. The molecular formula is C12H7BrClN3O. The Morgan fingerprint density at radius 3 is 3.06 bits per heavy atom. The molecule has 0 unspecified atom stereocenters. The number of nitroso groups, excluding NO2 is 1. The van der Waals surface area contributed by atoms with Gasteiger partial charge in [-0.05, 0) is 12.1 Å². The fraction of sp³-hybridized carbons (Fsp3) is 0.0833. The van der Waals surface area contributed by atoms with Crippen molar-refractivity contribution >= 4 is 49.3 Å². The molecule has 18 heavy (non-hydrogen) atoms. The second-order valence-corrected chi connectivity index (χ2v) is 5.20. The molecule has 2 heterocycles. The van der Waals surface area contributed by atoms with Gasteiger partial charge in [-0.3, -0.25) is 0 Å². The summed E-state index contributed by atoms with van der Waals surface area (Å²) < 4.78 is 0.973. The first-order valence-electron chi connectivity index (χ1n) is 5.24. The van der Waals surface area contributed by atoms with Gasteiger partial charge in [0.2, 0.25) is 0 Å². The van der Waals surface area contributed by atoms with Crippen LogP contribution in [0, 0.1) is 4.91 Å². The number of fused-ring (bicyclic) bond motifs is 3. The highest BCUT2D eigenvalue weighted by Crippen LogP contribution is 2.33. The lowest BCUT2D eigenvalue weighted by Gasteiger charge is -1.99. The number of pyridine rings is 1. The summed E-state index contributed by atoms with van der Waals surface area (Å²) in [6, 6.07) is 5.87. The summed E-state index contributed by atoms with van der Waals surface area (Å²) in [7, 11) is 0. The van der Waals surface area contributed by atoms with E-state index in [1.165, 1.54) is 0 Å². The maximum absolute atomic E-state index is 10.4. The molecule has 90 valence electrons. The summed E-state index contributed by atoms with van der Waals surface area (Å²) in [4.78, 5) is 17.8. The van der Waals surface area contributed by atoms with Gasteiger partial charge < -0.3 is 4.98 Å². The summed E-state index contributed by atoms with van der Waals surface area (Å²) in [5.41, 5.74) is 2.51. The van der Waals surface area contributed by atoms with E-state index < -0.39 is 0 Å². The average molecular weight is 325 g/mol. The van der Waals surface area contributed by atoms with E-state index in [2.05, 4.69) is 31.1 Å². The van der Waals surface area contributed by atoms with Crippen molar-refractivity contribution in [2.75, 3.05) is 0 Å². The molecule has 0 spiro atoms. The lowest BCUT2D eigenvalue weighted by molar-refractivity contribution is 1.05. The normalized spacial score (nSPS) is 11.2.